The van der Waals surface area contributed by atoms with E-state index in [1.807, 2.05) is 6.92 Å². The first kappa shape index (κ1) is 24.6. The van der Waals surface area contributed by atoms with Crippen LogP contribution in [0.3, 0.4) is 0 Å². The van der Waals surface area contributed by atoms with Crippen molar-refractivity contribution in [3.8, 4) is 23.0 Å². The molecule has 176 valence electrons. The van der Waals surface area contributed by atoms with Crippen LogP contribution in [0.2, 0.25) is 5.02 Å². The molecule has 0 aromatic heterocycles. The third-order valence-corrected chi connectivity index (χ3v) is 4.60. The normalized spacial score (nSPS) is 10.6. The van der Waals surface area contributed by atoms with Crippen LogP contribution in [-0.4, -0.2) is 38.4 Å². The molecule has 0 saturated heterocycles. The summed E-state index contributed by atoms with van der Waals surface area (Å²) in [5.74, 6) is 0.775. The van der Waals surface area contributed by atoms with Gasteiger partial charge < -0.3 is 18.9 Å². The van der Waals surface area contributed by atoms with E-state index in [0.717, 1.165) is 0 Å². The van der Waals surface area contributed by atoms with Crippen molar-refractivity contribution in [1.82, 2.24) is 5.43 Å². The molecular weight excluding hydrogens is 460 g/mol. The molecule has 0 fully saturated rings. The second-order valence-electron chi connectivity index (χ2n) is 6.80. The smallest absolute Gasteiger partial charge is 0.343 e. The molecule has 0 unspecified atom stereocenters. The zero-order valence-electron chi connectivity index (χ0n) is 18.6. The molecule has 8 nitrogen and oxygen atoms in total. The molecule has 0 aliphatic heterocycles. The second kappa shape index (κ2) is 12.3. The number of hydrogen-bond acceptors (Lipinski definition) is 7. The lowest BCUT2D eigenvalue weighted by atomic mass is 10.2. The third-order valence-electron chi connectivity index (χ3n) is 4.36. The fourth-order valence-corrected chi connectivity index (χ4v) is 2.94. The predicted octanol–water partition coefficient (Wildman–Crippen LogP) is 4.50. The van der Waals surface area contributed by atoms with E-state index in [2.05, 4.69) is 10.5 Å². The van der Waals surface area contributed by atoms with Gasteiger partial charge in [-0.2, -0.15) is 5.10 Å². The number of rotatable bonds is 10. The maximum atomic E-state index is 12.5. The van der Waals surface area contributed by atoms with Crippen LogP contribution in [0.1, 0.15) is 22.8 Å². The number of methoxy groups -OCH3 is 1. The van der Waals surface area contributed by atoms with Crippen molar-refractivity contribution in [1.29, 1.82) is 0 Å². The summed E-state index contributed by atoms with van der Waals surface area (Å²) in [4.78, 5) is 24.4. The van der Waals surface area contributed by atoms with Gasteiger partial charge in [-0.3, -0.25) is 4.79 Å². The molecule has 3 rings (SSSR count). The number of ether oxygens (including phenoxy) is 4. The molecule has 3 aromatic rings. The predicted molar refractivity (Wildman–Crippen MR) is 128 cm³/mol. The highest BCUT2D eigenvalue weighted by Crippen LogP contribution is 2.29. The van der Waals surface area contributed by atoms with Crippen LogP contribution < -0.4 is 24.4 Å². The summed E-state index contributed by atoms with van der Waals surface area (Å²) >= 11 is 5.88. The van der Waals surface area contributed by atoms with Gasteiger partial charge in [-0.05, 0) is 73.2 Å². The Kier molecular flexibility index (Phi) is 8.88. The van der Waals surface area contributed by atoms with E-state index in [1.54, 1.807) is 73.8 Å². The highest BCUT2D eigenvalue weighted by molar-refractivity contribution is 6.30. The number of carbonyl (C=O) groups excluding carboxylic acids is 2. The van der Waals surface area contributed by atoms with Crippen molar-refractivity contribution in [2.45, 2.75) is 6.92 Å². The van der Waals surface area contributed by atoms with Crippen LogP contribution in [0, 0.1) is 0 Å². The van der Waals surface area contributed by atoms with Gasteiger partial charge in [0.1, 0.15) is 11.5 Å². The minimum atomic E-state index is -0.531. The van der Waals surface area contributed by atoms with Gasteiger partial charge in [0.25, 0.3) is 5.91 Å². The number of nitrogens with zero attached hydrogens (tertiary/aromatic N) is 1. The van der Waals surface area contributed by atoms with Crippen LogP contribution in [0.25, 0.3) is 0 Å². The highest BCUT2D eigenvalue weighted by atomic mass is 35.5. The molecule has 9 heteroatoms. The van der Waals surface area contributed by atoms with Crippen LogP contribution in [0.4, 0.5) is 0 Å². The van der Waals surface area contributed by atoms with Gasteiger partial charge in [-0.15, -0.1) is 0 Å². The lowest BCUT2D eigenvalue weighted by Crippen LogP contribution is -2.24. The van der Waals surface area contributed by atoms with Crippen LogP contribution in [0.15, 0.2) is 71.8 Å². The summed E-state index contributed by atoms with van der Waals surface area (Å²) in [6, 6.07) is 18.2. The Hall–Kier alpha value is -4.04. The third kappa shape index (κ3) is 7.25. The average molecular weight is 483 g/mol. The number of amides is 1. The summed E-state index contributed by atoms with van der Waals surface area (Å²) in [6.45, 7) is 1.96. The van der Waals surface area contributed by atoms with E-state index < -0.39 is 11.9 Å². The molecule has 0 radical (unpaired) electrons. The Morgan fingerprint density at radius 3 is 2.47 bits per heavy atom. The zero-order valence-corrected chi connectivity index (χ0v) is 19.4. The summed E-state index contributed by atoms with van der Waals surface area (Å²) in [5, 5.41) is 4.43. The number of hydrazone groups is 1. The van der Waals surface area contributed by atoms with Gasteiger partial charge in [0.05, 0.1) is 25.5 Å². The molecular formula is C25H23ClN2O6. The molecule has 34 heavy (non-hydrogen) atoms. The summed E-state index contributed by atoms with van der Waals surface area (Å²) in [5.41, 5.74) is 3.38. The van der Waals surface area contributed by atoms with Gasteiger partial charge >= 0.3 is 5.97 Å². The molecule has 0 spiro atoms. The van der Waals surface area contributed by atoms with E-state index in [9.17, 15) is 9.59 Å². The monoisotopic (exact) mass is 482 g/mol. The minimum Gasteiger partial charge on any atom is -0.497 e. The number of hydrogen-bond donors (Lipinski definition) is 1. The second-order valence-corrected chi connectivity index (χ2v) is 7.23. The van der Waals surface area contributed by atoms with E-state index in [1.165, 1.54) is 6.21 Å². The highest BCUT2D eigenvalue weighted by Gasteiger charge is 2.13. The van der Waals surface area contributed by atoms with E-state index in [4.69, 9.17) is 30.5 Å². The fourth-order valence-electron chi connectivity index (χ4n) is 2.76. The lowest BCUT2D eigenvalue weighted by Gasteiger charge is -2.11. The molecule has 1 N–H and O–H groups in total. The largest absolute Gasteiger partial charge is 0.497 e. The zero-order chi connectivity index (χ0) is 24.3. The van der Waals surface area contributed by atoms with Gasteiger partial charge in [-0.1, -0.05) is 17.7 Å². The molecule has 0 aliphatic carbocycles. The number of benzene rings is 3. The van der Waals surface area contributed by atoms with Crippen molar-refractivity contribution < 1.29 is 28.5 Å². The standard InChI is InChI=1S/C25H23ClN2O6/c1-3-32-23-13-17(15-27-28-24(29)16-33-21-6-4-5-19(26)14-21)7-12-22(23)34-25(30)18-8-10-20(31-2)11-9-18/h4-15H,3,16H2,1-2H3,(H,28,29)/b27-15+. The lowest BCUT2D eigenvalue weighted by molar-refractivity contribution is -0.123. The number of carbonyl (C=O) groups is 2. The Morgan fingerprint density at radius 2 is 1.76 bits per heavy atom. The van der Waals surface area contributed by atoms with Crippen molar-refractivity contribution in [3.63, 3.8) is 0 Å². The Bertz CT molecular complexity index is 1160. The van der Waals surface area contributed by atoms with Gasteiger partial charge in [0.2, 0.25) is 0 Å². The topological polar surface area (TPSA) is 95.5 Å². The van der Waals surface area contributed by atoms with Crippen molar-refractivity contribution in [2.75, 3.05) is 20.3 Å². The first-order valence-corrected chi connectivity index (χ1v) is 10.7. The molecule has 0 saturated carbocycles. The molecule has 3 aromatic carbocycles. The molecule has 1 amide bonds. The van der Waals surface area contributed by atoms with Crippen molar-refractivity contribution in [2.24, 2.45) is 5.10 Å². The minimum absolute atomic E-state index is 0.220. The summed E-state index contributed by atoms with van der Waals surface area (Å²) in [7, 11) is 1.55. The maximum Gasteiger partial charge on any atom is 0.343 e. The van der Waals surface area contributed by atoms with Crippen LogP contribution in [-0.2, 0) is 4.79 Å². The van der Waals surface area contributed by atoms with Crippen LogP contribution >= 0.6 is 11.6 Å². The Labute approximate surface area is 202 Å². The number of nitrogens with one attached hydrogen (secondary N) is 1. The molecule has 0 aliphatic rings. The van der Waals surface area contributed by atoms with Gasteiger partial charge in [0, 0.05) is 5.02 Å². The summed E-state index contributed by atoms with van der Waals surface area (Å²) in [6.07, 6.45) is 1.44. The Balaban J connectivity index is 1.59. The number of esters is 1. The van der Waals surface area contributed by atoms with Crippen LogP contribution in [0.5, 0.6) is 23.0 Å². The Morgan fingerprint density at radius 1 is 0.971 bits per heavy atom. The molecule has 0 heterocycles. The molecule has 0 bridgehead atoms. The van der Waals surface area contributed by atoms with Crippen molar-refractivity contribution >= 4 is 29.7 Å². The molecule has 0 atom stereocenters. The maximum absolute atomic E-state index is 12.5. The van der Waals surface area contributed by atoms with Gasteiger partial charge in [-0.25, -0.2) is 10.2 Å². The van der Waals surface area contributed by atoms with Crippen molar-refractivity contribution in [3.05, 3.63) is 82.9 Å². The summed E-state index contributed by atoms with van der Waals surface area (Å²) < 4.78 is 21.5. The van der Waals surface area contributed by atoms with E-state index >= 15 is 0 Å². The quantitative estimate of drug-likeness (QED) is 0.198. The SMILES string of the molecule is CCOc1cc(/C=N/NC(=O)COc2cccc(Cl)c2)ccc1OC(=O)c1ccc(OC)cc1. The number of halogens is 1. The first-order chi connectivity index (χ1) is 16.5. The first-order valence-electron chi connectivity index (χ1n) is 10.3. The van der Waals surface area contributed by atoms with E-state index in [-0.39, 0.29) is 12.4 Å². The van der Waals surface area contributed by atoms with Gasteiger partial charge in [0.15, 0.2) is 18.1 Å². The van der Waals surface area contributed by atoms with E-state index in [0.29, 0.717) is 40.0 Å². The average Bonchev–Trinajstić information content (AvgIpc) is 2.84. The fraction of sp³-hybridized carbons (Fsp3) is 0.160.